The maximum absolute atomic E-state index is 12.9. The highest BCUT2D eigenvalue weighted by atomic mass is 32.2. The molecule has 0 radical (unpaired) electrons. The third-order valence-corrected chi connectivity index (χ3v) is 7.40. The fourth-order valence-electron chi connectivity index (χ4n) is 3.55. The van der Waals surface area contributed by atoms with E-state index in [1.54, 1.807) is 36.4 Å². The van der Waals surface area contributed by atoms with Crippen LogP contribution in [0.5, 0.6) is 11.5 Å². The van der Waals surface area contributed by atoms with E-state index in [2.05, 4.69) is 4.90 Å². The number of sulfonamides is 1. The second-order valence-electron chi connectivity index (χ2n) is 7.91. The number of nitrogens with zero attached hydrogens (tertiary/aromatic N) is 3. The summed E-state index contributed by atoms with van der Waals surface area (Å²) in [6, 6.07) is 13.4. The van der Waals surface area contributed by atoms with E-state index in [0.717, 1.165) is 13.0 Å². The molecule has 0 N–H and O–H groups in total. The van der Waals surface area contributed by atoms with Gasteiger partial charge in [-0.2, -0.15) is 0 Å². The van der Waals surface area contributed by atoms with Gasteiger partial charge in [0.15, 0.2) is 6.61 Å². The van der Waals surface area contributed by atoms with Crippen molar-refractivity contribution in [2.45, 2.75) is 24.3 Å². The summed E-state index contributed by atoms with van der Waals surface area (Å²) in [5, 5.41) is 0. The fourth-order valence-corrected chi connectivity index (χ4v) is 4.75. The molecule has 1 amide bonds. The lowest BCUT2D eigenvalue weighted by Gasteiger charge is -2.21. The topological polar surface area (TPSA) is 79.4 Å². The largest absolute Gasteiger partial charge is 0.494 e. The van der Waals surface area contributed by atoms with Crippen LogP contribution in [0.1, 0.15) is 13.3 Å². The minimum Gasteiger partial charge on any atom is -0.494 e. The summed E-state index contributed by atoms with van der Waals surface area (Å²) in [6.07, 6.45) is 0.961. The number of carbonyl (C=O) groups is 1. The van der Waals surface area contributed by atoms with Crippen LogP contribution >= 0.6 is 0 Å². The Morgan fingerprint density at radius 2 is 1.59 bits per heavy atom. The Hall–Kier alpha value is -2.78. The van der Waals surface area contributed by atoms with E-state index in [9.17, 15) is 13.2 Å². The first-order chi connectivity index (χ1) is 15.2. The minimum absolute atomic E-state index is 0.0419. The molecule has 2 aromatic carbocycles. The van der Waals surface area contributed by atoms with E-state index in [-0.39, 0.29) is 17.4 Å². The number of benzene rings is 2. The summed E-state index contributed by atoms with van der Waals surface area (Å²) >= 11 is 0. The number of ether oxygens (including phenoxy) is 2. The maximum atomic E-state index is 12.9. The van der Waals surface area contributed by atoms with Crippen LogP contribution in [-0.2, 0) is 14.8 Å². The predicted octanol–water partition coefficient (Wildman–Crippen LogP) is 2.45. The zero-order valence-electron chi connectivity index (χ0n) is 19.0. The average molecular weight is 462 g/mol. The van der Waals surface area contributed by atoms with Gasteiger partial charge in [-0.15, -0.1) is 0 Å². The van der Waals surface area contributed by atoms with Crippen molar-refractivity contribution in [1.29, 1.82) is 0 Å². The molecule has 0 aliphatic carbocycles. The van der Waals surface area contributed by atoms with Gasteiger partial charge in [0.25, 0.3) is 15.9 Å². The van der Waals surface area contributed by atoms with Gasteiger partial charge in [0.2, 0.25) is 0 Å². The number of likely N-dealkylation sites (N-methyl/N-ethyl adjacent to an activating group) is 1. The summed E-state index contributed by atoms with van der Waals surface area (Å²) in [4.78, 5) is 16.5. The SMILES string of the molecule is CCOc1ccc(S(=O)(=O)N(C)c2ccc(OCC(=O)N3CCC(N(C)C)C3)cc2)cc1. The smallest absolute Gasteiger partial charge is 0.264 e. The van der Waals surface area contributed by atoms with Gasteiger partial charge in [-0.1, -0.05) is 0 Å². The number of anilines is 1. The van der Waals surface area contributed by atoms with Crippen LogP contribution in [0.4, 0.5) is 5.69 Å². The van der Waals surface area contributed by atoms with Gasteiger partial charge in [0.05, 0.1) is 17.2 Å². The Kier molecular flexibility index (Phi) is 7.63. The molecule has 1 saturated heterocycles. The van der Waals surface area contributed by atoms with Gasteiger partial charge in [0.1, 0.15) is 11.5 Å². The molecule has 8 nitrogen and oxygen atoms in total. The summed E-state index contributed by atoms with van der Waals surface area (Å²) in [7, 11) is 1.82. The number of hydrogen-bond donors (Lipinski definition) is 0. The van der Waals surface area contributed by atoms with Gasteiger partial charge in [-0.25, -0.2) is 8.42 Å². The maximum Gasteiger partial charge on any atom is 0.264 e. The summed E-state index contributed by atoms with van der Waals surface area (Å²) in [6.45, 7) is 3.79. The van der Waals surface area contributed by atoms with Crippen LogP contribution in [0.2, 0.25) is 0 Å². The van der Waals surface area contributed by atoms with Crippen LogP contribution < -0.4 is 13.8 Å². The molecule has 0 aromatic heterocycles. The monoisotopic (exact) mass is 461 g/mol. The Morgan fingerprint density at radius 3 is 2.16 bits per heavy atom. The van der Waals surface area contributed by atoms with Crippen molar-refractivity contribution in [3.8, 4) is 11.5 Å². The molecule has 9 heteroatoms. The standard InChI is InChI=1S/C23H31N3O5S/c1-5-30-20-10-12-22(13-11-20)32(28,29)25(4)18-6-8-21(9-7-18)31-17-23(27)26-15-14-19(16-26)24(2)3/h6-13,19H,5,14-17H2,1-4H3. The summed E-state index contributed by atoms with van der Waals surface area (Å²) in [5.41, 5.74) is 0.492. The van der Waals surface area contributed by atoms with Crippen molar-refractivity contribution in [3.05, 3.63) is 48.5 Å². The first kappa shape index (κ1) is 23.9. The molecular formula is C23H31N3O5S. The molecule has 0 spiro atoms. The Morgan fingerprint density at radius 1 is 1.00 bits per heavy atom. The molecule has 1 fully saturated rings. The van der Waals surface area contributed by atoms with E-state index >= 15 is 0 Å². The molecule has 0 saturated carbocycles. The van der Waals surface area contributed by atoms with E-state index < -0.39 is 10.0 Å². The first-order valence-electron chi connectivity index (χ1n) is 10.6. The highest BCUT2D eigenvalue weighted by Gasteiger charge is 2.27. The lowest BCUT2D eigenvalue weighted by molar-refractivity contribution is -0.132. The van der Waals surface area contributed by atoms with Gasteiger partial charge < -0.3 is 19.3 Å². The Bertz CT molecular complexity index is 1010. The zero-order chi connectivity index (χ0) is 23.3. The van der Waals surface area contributed by atoms with Crippen LogP contribution in [0.15, 0.2) is 53.4 Å². The lowest BCUT2D eigenvalue weighted by atomic mass is 10.2. The van der Waals surface area contributed by atoms with Crippen LogP contribution in [0.3, 0.4) is 0 Å². The van der Waals surface area contributed by atoms with Crippen molar-refractivity contribution >= 4 is 21.6 Å². The number of hydrogen-bond acceptors (Lipinski definition) is 6. The van der Waals surface area contributed by atoms with E-state index in [1.165, 1.54) is 23.5 Å². The summed E-state index contributed by atoms with van der Waals surface area (Å²) in [5.74, 6) is 1.09. The molecule has 1 atom stereocenters. The fraction of sp³-hybridized carbons (Fsp3) is 0.435. The highest BCUT2D eigenvalue weighted by Crippen LogP contribution is 2.25. The van der Waals surface area contributed by atoms with Gasteiger partial charge in [0, 0.05) is 26.2 Å². The molecule has 1 aliphatic rings. The third-order valence-electron chi connectivity index (χ3n) is 5.60. The zero-order valence-corrected chi connectivity index (χ0v) is 19.8. The molecule has 2 aromatic rings. The van der Waals surface area contributed by atoms with Crippen molar-refractivity contribution < 1.29 is 22.7 Å². The van der Waals surface area contributed by atoms with Crippen LogP contribution in [0, 0.1) is 0 Å². The molecule has 174 valence electrons. The molecular weight excluding hydrogens is 430 g/mol. The van der Waals surface area contributed by atoms with Gasteiger partial charge in [-0.05, 0) is 76.0 Å². The Balaban J connectivity index is 1.59. The molecule has 0 bridgehead atoms. The lowest BCUT2D eigenvalue weighted by Crippen LogP contribution is -2.36. The molecule has 1 unspecified atom stereocenters. The molecule has 32 heavy (non-hydrogen) atoms. The van der Waals surface area contributed by atoms with Gasteiger partial charge >= 0.3 is 0 Å². The normalized spacial score (nSPS) is 16.3. The van der Waals surface area contributed by atoms with E-state index in [4.69, 9.17) is 9.47 Å². The first-order valence-corrected chi connectivity index (χ1v) is 12.0. The Labute approximate surface area is 190 Å². The quantitative estimate of drug-likeness (QED) is 0.571. The number of rotatable bonds is 9. The second-order valence-corrected chi connectivity index (χ2v) is 9.87. The molecule has 3 rings (SSSR count). The second kappa shape index (κ2) is 10.2. The van der Waals surface area contributed by atoms with Crippen LogP contribution in [-0.4, -0.2) is 77.6 Å². The van der Waals surface area contributed by atoms with Crippen molar-refractivity contribution in [1.82, 2.24) is 9.80 Å². The van der Waals surface area contributed by atoms with Crippen LogP contribution in [0.25, 0.3) is 0 Å². The number of carbonyl (C=O) groups excluding carboxylic acids is 1. The third kappa shape index (κ3) is 5.52. The predicted molar refractivity (Wildman–Crippen MR) is 124 cm³/mol. The highest BCUT2D eigenvalue weighted by molar-refractivity contribution is 7.92. The van der Waals surface area contributed by atoms with Crippen molar-refractivity contribution in [2.24, 2.45) is 0 Å². The van der Waals surface area contributed by atoms with Crippen molar-refractivity contribution in [3.63, 3.8) is 0 Å². The number of likely N-dealkylation sites (tertiary alicyclic amines) is 1. The average Bonchev–Trinajstić information content (AvgIpc) is 3.29. The van der Waals surface area contributed by atoms with Gasteiger partial charge in [-0.3, -0.25) is 9.10 Å². The molecule has 1 heterocycles. The van der Waals surface area contributed by atoms with E-state index in [1.807, 2.05) is 25.9 Å². The van der Waals surface area contributed by atoms with Crippen molar-refractivity contribution in [2.75, 3.05) is 51.8 Å². The summed E-state index contributed by atoms with van der Waals surface area (Å²) < 4.78 is 38.1. The minimum atomic E-state index is -3.71. The number of amides is 1. The molecule has 1 aliphatic heterocycles. The van der Waals surface area contributed by atoms with E-state index in [0.29, 0.717) is 36.4 Å².